The van der Waals surface area contributed by atoms with Crippen LogP contribution in [0.5, 0.6) is 11.5 Å². The van der Waals surface area contributed by atoms with E-state index in [1.54, 1.807) is 24.3 Å². The van der Waals surface area contributed by atoms with Crippen LogP contribution in [0, 0.1) is 11.3 Å². The van der Waals surface area contributed by atoms with E-state index in [0.717, 1.165) is 4.68 Å². The molecule has 1 aromatic heterocycles. The van der Waals surface area contributed by atoms with E-state index in [-0.39, 0.29) is 12.1 Å². The van der Waals surface area contributed by atoms with Gasteiger partial charge < -0.3 is 10.1 Å². The molecule has 3 rings (SSSR count). The molecule has 0 saturated carbocycles. The SMILES string of the molecule is CCc1nn(CC(=O)Nc2ccccc2Oc2ccccc2)c(=O)c(C#N)c1CC. The molecule has 0 atom stereocenters. The summed E-state index contributed by atoms with van der Waals surface area (Å²) in [7, 11) is 0. The van der Waals surface area contributed by atoms with Crippen molar-refractivity contribution in [3.8, 4) is 17.6 Å². The highest BCUT2D eigenvalue weighted by atomic mass is 16.5. The van der Waals surface area contributed by atoms with Gasteiger partial charge in [-0.05, 0) is 42.7 Å². The summed E-state index contributed by atoms with van der Waals surface area (Å²) in [5, 5.41) is 16.5. The topological polar surface area (TPSA) is 97.0 Å². The number of nitriles is 1. The molecule has 0 aliphatic rings. The van der Waals surface area contributed by atoms with E-state index in [9.17, 15) is 14.9 Å². The molecule has 1 N–H and O–H groups in total. The number of rotatable bonds is 7. The van der Waals surface area contributed by atoms with Crippen LogP contribution >= 0.6 is 0 Å². The second-order valence-electron chi connectivity index (χ2n) is 6.54. The maximum absolute atomic E-state index is 12.6. The number of nitrogens with one attached hydrogen (secondary N) is 1. The fourth-order valence-corrected chi connectivity index (χ4v) is 3.14. The lowest BCUT2D eigenvalue weighted by Gasteiger charge is -2.14. The molecule has 0 saturated heterocycles. The molecule has 152 valence electrons. The van der Waals surface area contributed by atoms with Crippen molar-refractivity contribution in [3.05, 3.63) is 81.8 Å². The van der Waals surface area contributed by atoms with Gasteiger partial charge in [-0.25, -0.2) is 4.68 Å². The predicted molar refractivity (Wildman–Crippen MR) is 114 cm³/mol. The molecule has 7 heteroatoms. The zero-order valence-corrected chi connectivity index (χ0v) is 16.9. The van der Waals surface area contributed by atoms with Crippen molar-refractivity contribution in [1.29, 1.82) is 5.26 Å². The Bertz CT molecular complexity index is 1150. The van der Waals surface area contributed by atoms with Gasteiger partial charge in [0, 0.05) is 0 Å². The summed E-state index contributed by atoms with van der Waals surface area (Å²) in [5.41, 5.74) is 1.25. The zero-order valence-electron chi connectivity index (χ0n) is 16.9. The van der Waals surface area contributed by atoms with Crippen LogP contribution in [0.15, 0.2) is 59.4 Å². The summed E-state index contributed by atoms with van der Waals surface area (Å²) in [6.07, 6.45) is 1.10. The average molecular weight is 402 g/mol. The summed E-state index contributed by atoms with van der Waals surface area (Å²) >= 11 is 0. The van der Waals surface area contributed by atoms with Crippen LogP contribution in [-0.2, 0) is 24.2 Å². The summed E-state index contributed by atoms with van der Waals surface area (Å²) in [5.74, 6) is 0.674. The van der Waals surface area contributed by atoms with Gasteiger partial charge in [0.15, 0.2) is 5.75 Å². The quantitative estimate of drug-likeness (QED) is 0.650. The number of aryl methyl sites for hydroxylation is 1. The number of hydrogen-bond donors (Lipinski definition) is 1. The fourth-order valence-electron chi connectivity index (χ4n) is 3.14. The third-order valence-corrected chi connectivity index (χ3v) is 4.57. The summed E-state index contributed by atoms with van der Waals surface area (Å²) in [6, 6.07) is 18.2. The van der Waals surface area contributed by atoms with Gasteiger partial charge in [-0.15, -0.1) is 0 Å². The Morgan fingerprint density at radius 2 is 1.80 bits per heavy atom. The van der Waals surface area contributed by atoms with Crippen molar-refractivity contribution in [2.45, 2.75) is 33.2 Å². The first-order valence-corrected chi connectivity index (χ1v) is 9.72. The van der Waals surface area contributed by atoms with E-state index in [1.807, 2.05) is 50.2 Å². The smallest absolute Gasteiger partial charge is 0.285 e. The molecular weight excluding hydrogens is 380 g/mol. The van der Waals surface area contributed by atoms with Crippen LogP contribution in [0.2, 0.25) is 0 Å². The second kappa shape index (κ2) is 9.52. The van der Waals surface area contributed by atoms with Gasteiger partial charge in [0.05, 0.1) is 11.4 Å². The molecule has 0 aliphatic carbocycles. The van der Waals surface area contributed by atoms with E-state index in [4.69, 9.17) is 4.74 Å². The maximum Gasteiger partial charge on any atom is 0.285 e. The Labute approximate surface area is 174 Å². The molecule has 30 heavy (non-hydrogen) atoms. The first-order valence-electron chi connectivity index (χ1n) is 9.72. The molecule has 2 aromatic carbocycles. The molecule has 0 fully saturated rings. The van der Waals surface area contributed by atoms with Crippen LogP contribution in [-0.4, -0.2) is 15.7 Å². The summed E-state index contributed by atoms with van der Waals surface area (Å²) in [4.78, 5) is 25.3. The maximum atomic E-state index is 12.6. The number of amides is 1. The second-order valence-corrected chi connectivity index (χ2v) is 6.54. The van der Waals surface area contributed by atoms with Crippen molar-refractivity contribution in [3.63, 3.8) is 0 Å². The van der Waals surface area contributed by atoms with Crippen LogP contribution < -0.4 is 15.6 Å². The van der Waals surface area contributed by atoms with Crippen molar-refractivity contribution in [2.75, 3.05) is 5.32 Å². The predicted octanol–water partition coefficient (Wildman–Crippen LogP) is 3.67. The average Bonchev–Trinajstić information content (AvgIpc) is 2.76. The molecule has 0 bridgehead atoms. The van der Waals surface area contributed by atoms with Gasteiger partial charge in [-0.3, -0.25) is 9.59 Å². The first kappa shape index (κ1) is 20.8. The molecule has 0 radical (unpaired) electrons. The minimum absolute atomic E-state index is 0.0463. The van der Waals surface area contributed by atoms with E-state index in [1.165, 1.54) is 0 Å². The van der Waals surface area contributed by atoms with Gasteiger partial charge in [-0.2, -0.15) is 10.4 Å². The van der Waals surface area contributed by atoms with Crippen LogP contribution in [0.4, 0.5) is 5.69 Å². The molecule has 1 amide bonds. The third-order valence-electron chi connectivity index (χ3n) is 4.57. The third kappa shape index (κ3) is 4.55. The minimum Gasteiger partial charge on any atom is -0.455 e. The molecular formula is C23H22N4O3. The minimum atomic E-state index is -0.560. The number of anilines is 1. The highest BCUT2D eigenvalue weighted by molar-refractivity contribution is 5.92. The normalized spacial score (nSPS) is 10.3. The number of nitrogens with zero attached hydrogens (tertiary/aromatic N) is 3. The van der Waals surface area contributed by atoms with Crippen LogP contribution in [0.1, 0.15) is 30.7 Å². The van der Waals surface area contributed by atoms with Crippen LogP contribution in [0.3, 0.4) is 0 Å². The van der Waals surface area contributed by atoms with Gasteiger partial charge in [0.1, 0.15) is 23.9 Å². The highest BCUT2D eigenvalue weighted by Gasteiger charge is 2.17. The molecule has 7 nitrogen and oxygen atoms in total. The number of ether oxygens (including phenoxy) is 1. The first-order chi connectivity index (χ1) is 14.6. The van der Waals surface area contributed by atoms with Gasteiger partial charge >= 0.3 is 0 Å². The Morgan fingerprint density at radius 3 is 2.47 bits per heavy atom. The number of aromatic nitrogens is 2. The van der Waals surface area contributed by atoms with Crippen molar-refractivity contribution in [2.24, 2.45) is 0 Å². The number of para-hydroxylation sites is 3. The lowest BCUT2D eigenvalue weighted by Crippen LogP contribution is -2.33. The standard InChI is InChI=1S/C23H22N4O3/c1-3-17-18(14-24)23(29)27(26-19(17)4-2)15-22(28)25-20-12-8-9-13-21(20)30-16-10-6-5-7-11-16/h5-13H,3-4,15H2,1-2H3,(H,25,28). The van der Waals surface area contributed by atoms with E-state index in [2.05, 4.69) is 10.4 Å². The van der Waals surface area contributed by atoms with E-state index < -0.39 is 11.5 Å². The molecule has 0 spiro atoms. The number of benzene rings is 2. The Kier molecular flexibility index (Phi) is 6.60. The molecule has 3 aromatic rings. The lowest BCUT2D eigenvalue weighted by atomic mass is 10.0. The van der Waals surface area contributed by atoms with Gasteiger partial charge in [0.25, 0.3) is 5.56 Å². The Hall–Kier alpha value is -3.92. The van der Waals surface area contributed by atoms with Crippen molar-refractivity contribution < 1.29 is 9.53 Å². The number of hydrogen-bond acceptors (Lipinski definition) is 5. The van der Waals surface area contributed by atoms with Gasteiger partial charge in [0.2, 0.25) is 5.91 Å². The molecule has 0 aliphatic heterocycles. The summed E-state index contributed by atoms with van der Waals surface area (Å²) in [6.45, 7) is 3.47. The molecule has 1 heterocycles. The van der Waals surface area contributed by atoms with Crippen molar-refractivity contribution in [1.82, 2.24) is 9.78 Å². The molecule has 0 unspecified atom stereocenters. The summed E-state index contributed by atoms with van der Waals surface area (Å²) < 4.78 is 6.89. The van der Waals surface area contributed by atoms with Gasteiger partial charge in [-0.1, -0.05) is 44.2 Å². The zero-order chi connectivity index (χ0) is 21.5. The van der Waals surface area contributed by atoms with Crippen LogP contribution in [0.25, 0.3) is 0 Å². The van der Waals surface area contributed by atoms with E-state index in [0.29, 0.717) is 41.3 Å². The fraction of sp³-hybridized carbons (Fsp3) is 0.217. The number of carbonyl (C=O) groups is 1. The Morgan fingerprint density at radius 1 is 1.10 bits per heavy atom. The van der Waals surface area contributed by atoms with E-state index >= 15 is 0 Å². The largest absolute Gasteiger partial charge is 0.455 e. The monoisotopic (exact) mass is 402 g/mol. The lowest BCUT2D eigenvalue weighted by molar-refractivity contribution is -0.117. The Balaban J connectivity index is 1.84. The highest BCUT2D eigenvalue weighted by Crippen LogP contribution is 2.29. The number of carbonyl (C=O) groups excluding carboxylic acids is 1. The van der Waals surface area contributed by atoms with Crippen molar-refractivity contribution >= 4 is 11.6 Å².